The lowest BCUT2D eigenvalue weighted by molar-refractivity contribution is 0.317. The predicted molar refractivity (Wildman–Crippen MR) is 79.3 cm³/mol. The number of hydrogen-bond acceptors (Lipinski definition) is 2. The molecule has 100 valence electrons. The van der Waals surface area contributed by atoms with E-state index >= 15 is 0 Å². The first kappa shape index (κ1) is 13.6. The Bertz CT molecular complexity index is 478. The molecule has 1 unspecified atom stereocenters. The van der Waals surface area contributed by atoms with Gasteiger partial charge >= 0.3 is 0 Å². The average molecular weight is 255 g/mol. The van der Waals surface area contributed by atoms with E-state index in [1.165, 1.54) is 5.56 Å². The number of hydrogen-bond donors (Lipinski definition) is 1. The first-order chi connectivity index (χ1) is 9.29. The number of nitrogens with two attached hydrogens (primary N) is 1. The monoisotopic (exact) mass is 255 g/mol. The molecule has 0 aliphatic carbocycles. The second-order valence-corrected chi connectivity index (χ2v) is 4.71. The highest BCUT2D eigenvalue weighted by molar-refractivity contribution is 5.30. The van der Waals surface area contributed by atoms with Gasteiger partial charge in [-0.1, -0.05) is 49.4 Å². The smallest absolute Gasteiger partial charge is 0.119 e. The van der Waals surface area contributed by atoms with E-state index in [1.807, 2.05) is 30.3 Å². The molecule has 0 radical (unpaired) electrons. The molecule has 0 spiro atoms. The fourth-order valence-corrected chi connectivity index (χ4v) is 2.02. The van der Waals surface area contributed by atoms with Crippen molar-refractivity contribution in [1.29, 1.82) is 0 Å². The Hall–Kier alpha value is -1.80. The van der Waals surface area contributed by atoms with Crippen LogP contribution < -0.4 is 10.5 Å². The molecule has 0 aliphatic heterocycles. The number of rotatable bonds is 6. The maximum atomic E-state index is 6.24. The topological polar surface area (TPSA) is 35.2 Å². The minimum atomic E-state index is 0.0302. The van der Waals surface area contributed by atoms with Crippen molar-refractivity contribution in [3.8, 4) is 5.75 Å². The third kappa shape index (κ3) is 4.11. The van der Waals surface area contributed by atoms with Gasteiger partial charge in [-0.05, 0) is 36.1 Å². The molecule has 0 bridgehead atoms. The van der Waals surface area contributed by atoms with Crippen molar-refractivity contribution in [1.82, 2.24) is 0 Å². The van der Waals surface area contributed by atoms with Gasteiger partial charge in [0.05, 0.1) is 6.61 Å². The highest BCUT2D eigenvalue weighted by Crippen LogP contribution is 2.19. The van der Waals surface area contributed by atoms with Crippen LogP contribution >= 0.6 is 0 Å². The molecule has 0 aliphatic rings. The maximum Gasteiger partial charge on any atom is 0.119 e. The van der Waals surface area contributed by atoms with Crippen LogP contribution in [0.25, 0.3) is 0 Å². The Labute approximate surface area is 115 Å². The van der Waals surface area contributed by atoms with Gasteiger partial charge in [0.25, 0.3) is 0 Å². The summed E-state index contributed by atoms with van der Waals surface area (Å²) in [6, 6.07) is 18.5. The molecule has 0 saturated carbocycles. The Morgan fingerprint density at radius 2 is 1.68 bits per heavy atom. The predicted octanol–water partition coefficient (Wildman–Crippen LogP) is 3.72. The number of benzene rings is 2. The minimum Gasteiger partial charge on any atom is -0.494 e. The van der Waals surface area contributed by atoms with Gasteiger partial charge < -0.3 is 10.5 Å². The Morgan fingerprint density at radius 3 is 2.32 bits per heavy atom. The van der Waals surface area contributed by atoms with Gasteiger partial charge in [0, 0.05) is 6.04 Å². The first-order valence-corrected chi connectivity index (χ1v) is 6.82. The van der Waals surface area contributed by atoms with E-state index in [2.05, 4.69) is 31.2 Å². The SMILES string of the molecule is CCCOc1ccc(C(N)Cc2ccccc2)cc1. The van der Waals surface area contributed by atoms with Crippen LogP contribution in [0.3, 0.4) is 0 Å². The van der Waals surface area contributed by atoms with Crippen LogP contribution in [0, 0.1) is 0 Å². The molecule has 2 nitrogen and oxygen atoms in total. The molecular formula is C17H21NO. The van der Waals surface area contributed by atoms with Gasteiger partial charge in [0.1, 0.15) is 5.75 Å². The van der Waals surface area contributed by atoms with Gasteiger partial charge in [-0.15, -0.1) is 0 Å². The van der Waals surface area contributed by atoms with Gasteiger partial charge in [0.2, 0.25) is 0 Å². The summed E-state index contributed by atoms with van der Waals surface area (Å²) in [4.78, 5) is 0. The zero-order valence-corrected chi connectivity index (χ0v) is 11.4. The first-order valence-electron chi connectivity index (χ1n) is 6.82. The molecule has 0 amide bonds. The van der Waals surface area contributed by atoms with Crippen LogP contribution in [0.5, 0.6) is 5.75 Å². The molecule has 1 atom stereocenters. The van der Waals surface area contributed by atoms with Crippen LogP contribution in [-0.2, 0) is 6.42 Å². The summed E-state index contributed by atoms with van der Waals surface area (Å²) in [6.07, 6.45) is 1.88. The average Bonchev–Trinajstić information content (AvgIpc) is 2.46. The standard InChI is InChI=1S/C17H21NO/c1-2-12-19-16-10-8-15(9-11-16)17(18)13-14-6-4-3-5-7-14/h3-11,17H,2,12-13,18H2,1H3. The normalized spacial score (nSPS) is 12.1. The molecule has 2 heteroatoms. The van der Waals surface area contributed by atoms with Crippen molar-refractivity contribution in [2.75, 3.05) is 6.61 Å². The Balaban J connectivity index is 1.97. The summed E-state index contributed by atoms with van der Waals surface area (Å²) >= 11 is 0. The van der Waals surface area contributed by atoms with Gasteiger partial charge in [-0.25, -0.2) is 0 Å². The molecule has 0 aromatic heterocycles. The highest BCUT2D eigenvalue weighted by atomic mass is 16.5. The minimum absolute atomic E-state index is 0.0302. The zero-order valence-electron chi connectivity index (χ0n) is 11.4. The maximum absolute atomic E-state index is 6.24. The summed E-state index contributed by atoms with van der Waals surface area (Å²) in [5.41, 5.74) is 8.65. The summed E-state index contributed by atoms with van der Waals surface area (Å²) in [6.45, 7) is 2.86. The second-order valence-electron chi connectivity index (χ2n) is 4.71. The second kappa shape index (κ2) is 6.95. The lowest BCUT2D eigenvalue weighted by Gasteiger charge is -2.13. The van der Waals surface area contributed by atoms with Crippen LogP contribution in [0.15, 0.2) is 54.6 Å². The summed E-state index contributed by atoms with van der Waals surface area (Å²) < 4.78 is 5.57. The van der Waals surface area contributed by atoms with Crippen molar-refractivity contribution < 1.29 is 4.74 Å². The van der Waals surface area contributed by atoms with Gasteiger partial charge in [-0.3, -0.25) is 0 Å². The molecular weight excluding hydrogens is 234 g/mol. The molecule has 2 rings (SSSR count). The molecule has 0 saturated heterocycles. The quantitative estimate of drug-likeness (QED) is 0.854. The Kier molecular flexibility index (Phi) is 4.99. The van der Waals surface area contributed by atoms with Crippen molar-refractivity contribution in [3.05, 3.63) is 65.7 Å². The third-order valence-electron chi connectivity index (χ3n) is 3.08. The molecule has 2 aromatic rings. The summed E-state index contributed by atoms with van der Waals surface area (Å²) in [7, 11) is 0. The Morgan fingerprint density at radius 1 is 1.00 bits per heavy atom. The van der Waals surface area contributed by atoms with E-state index in [0.717, 1.165) is 30.8 Å². The summed E-state index contributed by atoms with van der Waals surface area (Å²) in [5.74, 6) is 0.914. The van der Waals surface area contributed by atoms with Crippen molar-refractivity contribution in [3.63, 3.8) is 0 Å². The molecule has 0 heterocycles. The molecule has 2 N–H and O–H groups in total. The van der Waals surface area contributed by atoms with Crippen molar-refractivity contribution in [2.45, 2.75) is 25.8 Å². The number of ether oxygens (including phenoxy) is 1. The van der Waals surface area contributed by atoms with Crippen molar-refractivity contribution >= 4 is 0 Å². The van der Waals surface area contributed by atoms with Crippen LogP contribution in [0.1, 0.15) is 30.5 Å². The zero-order chi connectivity index (χ0) is 13.5. The van der Waals surface area contributed by atoms with Crippen LogP contribution in [-0.4, -0.2) is 6.61 Å². The van der Waals surface area contributed by atoms with E-state index in [1.54, 1.807) is 0 Å². The molecule has 2 aromatic carbocycles. The van der Waals surface area contributed by atoms with Crippen molar-refractivity contribution in [2.24, 2.45) is 5.73 Å². The molecule has 0 fully saturated rings. The lowest BCUT2D eigenvalue weighted by Crippen LogP contribution is -2.13. The lowest BCUT2D eigenvalue weighted by atomic mass is 10.00. The highest BCUT2D eigenvalue weighted by Gasteiger charge is 2.07. The van der Waals surface area contributed by atoms with Gasteiger partial charge in [0.15, 0.2) is 0 Å². The van der Waals surface area contributed by atoms with E-state index in [4.69, 9.17) is 10.5 Å². The van der Waals surface area contributed by atoms with E-state index in [-0.39, 0.29) is 6.04 Å². The van der Waals surface area contributed by atoms with E-state index < -0.39 is 0 Å². The fraction of sp³-hybridized carbons (Fsp3) is 0.294. The van der Waals surface area contributed by atoms with Crippen LogP contribution in [0.4, 0.5) is 0 Å². The van der Waals surface area contributed by atoms with E-state index in [9.17, 15) is 0 Å². The summed E-state index contributed by atoms with van der Waals surface area (Å²) in [5, 5.41) is 0. The van der Waals surface area contributed by atoms with E-state index in [0.29, 0.717) is 0 Å². The third-order valence-corrected chi connectivity index (χ3v) is 3.08. The van der Waals surface area contributed by atoms with Gasteiger partial charge in [-0.2, -0.15) is 0 Å². The fourth-order valence-electron chi connectivity index (χ4n) is 2.02. The molecule has 19 heavy (non-hydrogen) atoms. The largest absolute Gasteiger partial charge is 0.494 e. The van der Waals surface area contributed by atoms with Crippen LogP contribution in [0.2, 0.25) is 0 Å².